The molecular weight excluding hydrogens is 485 g/mol. The number of anilines is 2. The number of hydrogen-bond acceptors (Lipinski definition) is 6. The van der Waals surface area contributed by atoms with Gasteiger partial charge in [-0.05, 0) is 31.2 Å². The molecule has 33 heavy (non-hydrogen) atoms. The molecule has 3 heterocycles. The van der Waals surface area contributed by atoms with Crippen LogP contribution < -0.4 is 10.2 Å². The normalized spacial score (nSPS) is 14.9. The number of ether oxygens (including phenoxy) is 1. The zero-order valence-electron chi connectivity index (χ0n) is 16.7. The van der Waals surface area contributed by atoms with Gasteiger partial charge < -0.3 is 10.1 Å². The molecule has 0 aliphatic carbocycles. The first-order valence-electron chi connectivity index (χ1n) is 9.37. The summed E-state index contributed by atoms with van der Waals surface area (Å²) in [7, 11) is 0. The third-order valence-corrected chi connectivity index (χ3v) is 5.76. The topological polar surface area (TPSA) is 93.0 Å². The maximum atomic E-state index is 13.0. The number of carbonyl (C=O) groups excluding carboxylic acids is 3. The fourth-order valence-electron chi connectivity index (χ4n) is 3.22. The molecule has 8 nitrogen and oxygen atoms in total. The lowest BCUT2D eigenvalue weighted by molar-refractivity contribution is -0.149. The highest BCUT2D eigenvalue weighted by Gasteiger charge is 2.35. The zero-order valence-corrected chi connectivity index (χ0v) is 18.3. The summed E-state index contributed by atoms with van der Waals surface area (Å²) in [5, 5.41) is 4.29. The van der Waals surface area contributed by atoms with E-state index in [2.05, 4.69) is 10.3 Å². The van der Waals surface area contributed by atoms with E-state index in [1.54, 1.807) is 16.0 Å². The maximum Gasteiger partial charge on any atom is 0.416 e. The van der Waals surface area contributed by atoms with Gasteiger partial charge in [-0.15, -0.1) is 11.3 Å². The van der Waals surface area contributed by atoms with Gasteiger partial charge in [0.15, 0.2) is 16.2 Å². The van der Waals surface area contributed by atoms with Crippen LogP contribution in [-0.2, 0) is 25.3 Å². The summed E-state index contributed by atoms with van der Waals surface area (Å²) in [4.78, 5) is 42.8. The number of aromatic nitrogens is 2. The van der Waals surface area contributed by atoms with Crippen molar-refractivity contribution in [1.82, 2.24) is 9.38 Å². The summed E-state index contributed by atoms with van der Waals surface area (Å²) < 4.78 is 45.7. The van der Waals surface area contributed by atoms with Crippen molar-refractivity contribution >= 4 is 63.1 Å². The maximum absolute atomic E-state index is 13.0. The van der Waals surface area contributed by atoms with Gasteiger partial charge in [0.1, 0.15) is 6.54 Å². The van der Waals surface area contributed by atoms with Crippen molar-refractivity contribution in [3.05, 3.63) is 52.3 Å². The first kappa shape index (κ1) is 22.8. The molecule has 3 aromatic rings. The van der Waals surface area contributed by atoms with E-state index in [4.69, 9.17) is 16.3 Å². The Balaban J connectivity index is 1.49. The highest BCUT2D eigenvalue weighted by molar-refractivity contribution is 7.15. The highest BCUT2D eigenvalue weighted by atomic mass is 35.5. The number of rotatable bonds is 4. The predicted octanol–water partition coefficient (Wildman–Crippen LogP) is 4.00. The average molecular weight is 499 g/mol. The van der Waals surface area contributed by atoms with Crippen LogP contribution in [0.3, 0.4) is 0 Å². The molecule has 0 spiro atoms. The van der Waals surface area contributed by atoms with E-state index in [9.17, 15) is 27.6 Å². The molecule has 1 unspecified atom stereocenters. The van der Waals surface area contributed by atoms with Crippen LogP contribution in [0.4, 0.5) is 24.5 Å². The Bertz CT molecular complexity index is 1300. The Labute approximate surface area is 193 Å². The number of amides is 2. The molecule has 1 aromatic carbocycles. The van der Waals surface area contributed by atoms with E-state index < -0.39 is 42.2 Å². The van der Waals surface area contributed by atoms with Crippen LogP contribution in [0.25, 0.3) is 11.0 Å². The summed E-state index contributed by atoms with van der Waals surface area (Å²) >= 11 is 7.41. The lowest BCUT2D eigenvalue weighted by Crippen LogP contribution is -2.47. The number of carbonyl (C=O) groups is 3. The third-order valence-electron chi connectivity index (χ3n) is 4.73. The van der Waals surface area contributed by atoms with Crippen molar-refractivity contribution in [3.63, 3.8) is 0 Å². The minimum atomic E-state index is -4.62. The van der Waals surface area contributed by atoms with Crippen LogP contribution in [0.15, 0.2) is 35.9 Å². The lowest BCUT2D eigenvalue weighted by Gasteiger charge is -2.31. The number of nitrogens with one attached hydrogen (secondary N) is 1. The lowest BCUT2D eigenvalue weighted by atomic mass is 10.1. The number of thiazole rings is 1. The molecule has 172 valence electrons. The smallest absolute Gasteiger partial charge is 0.416 e. The average Bonchev–Trinajstić information content (AvgIpc) is 3.30. The van der Waals surface area contributed by atoms with E-state index in [0.29, 0.717) is 10.7 Å². The van der Waals surface area contributed by atoms with Gasteiger partial charge in [-0.2, -0.15) is 13.2 Å². The fraction of sp³-hybridized carbons (Fsp3) is 0.200. The summed E-state index contributed by atoms with van der Waals surface area (Å²) in [6.07, 6.45) is -1.75. The van der Waals surface area contributed by atoms with Crippen LogP contribution in [0.5, 0.6) is 0 Å². The van der Waals surface area contributed by atoms with Gasteiger partial charge in [0.2, 0.25) is 5.91 Å². The molecule has 1 aliphatic heterocycles. The highest BCUT2D eigenvalue weighted by Crippen LogP contribution is 2.37. The van der Waals surface area contributed by atoms with E-state index in [1.165, 1.54) is 24.3 Å². The summed E-state index contributed by atoms with van der Waals surface area (Å²) in [6.45, 7) is 0.865. The van der Waals surface area contributed by atoms with Crippen LogP contribution in [0.1, 0.15) is 18.2 Å². The second-order valence-electron chi connectivity index (χ2n) is 6.96. The quantitative estimate of drug-likeness (QED) is 0.433. The number of esters is 1. The number of fused-ring (bicyclic) bond motifs is 2. The first-order chi connectivity index (χ1) is 15.5. The van der Waals surface area contributed by atoms with Crippen LogP contribution in [0.2, 0.25) is 5.15 Å². The molecule has 0 saturated heterocycles. The third kappa shape index (κ3) is 4.57. The first-order valence-corrected chi connectivity index (χ1v) is 10.6. The summed E-state index contributed by atoms with van der Waals surface area (Å²) in [6, 6.07) is 2.63. The van der Waals surface area contributed by atoms with Crippen molar-refractivity contribution in [2.24, 2.45) is 0 Å². The molecule has 4 rings (SSSR count). The van der Waals surface area contributed by atoms with Gasteiger partial charge >= 0.3 is 12.1 Å². The van der Waals surface area contributed by atoms with Crippen molar-refractivity contribution in [2.75, 3.05) is 16.8 Å². The van der Waals surface area contributed by atoms with Gasteiger partial charge in [-0.3, -0.25) is 18.9 Å². The molecule has 0 saturated carbocycles. The molecule has 1 N–H and O–H groups in total. The number of alkyl halides is 3. The van der Waals surface area contributed by atoms with Gasteiger partial charge in [-0.25, -0.2) is 9.78 Å². The van der Waals surface area contributed by atoms with Gasteiger partial charge in [0.25, 0.3) is 5.91 Å². The van der Waals surface area contributed by atoms with Crippen LogP contribution >= 0.6 is 22.9 Å². The summed E-state index contributed by atoms with van der Waals surface area (Å²) in [5.41, 5.74) is -0.621. The van der Waals surface area contributed by atoms with Crippen molar-refractivity contribution in [1.29, 1.82) is 0 Å². The molecule has 0 bridgehead atoms. The van der Waals surface area contributed by atoms with Crippen molar-refractivity contribution in [3.8, 4) is 0 Å². The minimum Gasteiger partial charge on any atom is -0.449 e. The van der Waals surface area contributed by atoms with Crippen molar-refractivity contribution in [2.45, 2.75) is 19.2 Å². The Morgan fingerprint density at radius 1 is 1.36 bits per heavy atom. The van der Waals surface area contributed by atoms with Crippen LogP contribution in [-0.4, -0.2) is 39.8 Å². The predicted molar refractivity (Wildman–Crippen MR) is 115 cm³/mol. The molecule has 1 atom stereocenters. The zero-order chi connectivity index (χ0) is 23.9. The number of benzene rings is 1. The number of halogens is 4. The minimum absolute atomic E-state index is 0.0666. The fourth-order valence-corrected chi connectivity index (χ4v) is 4.22. The second-order valence-corrected chi connectivity index (χ2v) is 8.19. The summed E-state index contributed by atoms with van der Waals surface area (Å²) in [5.74, 6) is -2.30. The van der Waals surface area contributed by atoms with E-state index in [-0.39, 0.29) is 16.5 Å². The van der Waals surface area contributed by atoms with Crippen molar-refractivity contribution < 1.29 is 32.3 Å². The molecule has 13 heteroatoms. The monoisotopic (exact) mass is 498 g/mol. The van der Waals surface area contributed by atoms with Gasteiger partial charge in [0.05, 0.1) is 22.6 Å². The number of nitrogens with zero attached hydrogens (tertiary/aromatic N) is 3. The molecule has 0 fully saturated rings. The molecule has 2 amide bonds. The molecular formula is C20H14ClF3N4O4S. The molecule has 1 aliphatic rings. The Morgan fingerprint density at radius 3 is 2.85 bits per heavy atom. The Hall–Kier alpha value is -3.38. The van der Waals surface area contributed by atoms with E-state index in [0.717, 1.165) is 29.2 Å². The molecule has 2 aromatic heterocycles. The second kappa shape index (κ2) is 8.52. The van der Waals surface area contributed by atoms with Crippen LogP contribution in [0, 0.1) is 0 Å². The van der Waals surface area contributed by atoms with E-state index >= 15 is 0 Å². The number of imidazole rings is 1. The van der Waals surface area contributed by atoms with E-state index in [1.807, 2.05) is 0 Å². The standard InChI is InChI=1S/C20H14ClF3N4O4S/c1-10(32-16(30)5-4-14-17(21)26-19-27(14)6-7-33-19)18(31)28-9-15(29)25-12-8-11(20(22,23)24)2-3-13(12)28/h2-8,10H,9H2,1H3,(H,25,29)/b5-4+. The van der Waals surface area contributed by atoms with Gasteiger partial charge in [0, 0.05) is 17.7 Å². The SMILES string of the molecule is CC(OC(=O)/C=C/c1c(Cl)nc2sccn12)C(=O)N1CC(=O)Nc2cc(C(F)(F)F)ccc21. The molecule has 0 radical (unpaired) electrons. The Kier molecular flexibility index (Phi) is 5.89. The Morgan fingerprint density at radius 2 is 2.12 bits per heavy atom. The number of hydrogen-bond donors (Lipinski definition) is 1. The largest absolute Gasteiger partial charge is 0.449 e. The van der Waals surface area contributed by atoms with Gasteiger partial charge in [-0.1, -0.05) is 11.6 Å².